The first-order valence-electron chi connectivity index (χ1n) is 16.7. The molecule has 47 heavy (non-hydrogen) atoms. The van der Waals surface area contributed by atoms with Crippen LogP contribution in [0.3, 0.4) is 0 Å². The first-order valence-corrected chi connectivity index (χ1v) is 16.7. The van der Waals surface area contributed by atoms with Gasteiger partial charge in [-0.3, -0.25) is 0 Å². The number of rotatable bonds is 17. The molecule has 2 aliphatic carbocycles. The van der Waals surface area contributed by atoms with Crippen LogP contribution in [0.5, 0.6) is 11.5 Å². The number of carbonyl (C=O) groups excluding carboxylic acids is 1. The smallest absolute Gasteiger partial charge is 0.407 e. The Bertz CT molecular complexity index is 1460. The Kier molecular flexibility index (Phi) is 13.0. The summed E-state index contributed by atoms with van der Waals surface area (Å²) < 4.78 is 27.5. The third kappa shape index (κ3) is 10.2. The van der Waals surface area contributed by atoms with Crippen LogP contribution in [0.2, 0.25) is 0 Å². The van der Waals surface area contributed by atoms with E-state index in [2.05, 4.69) is 35.4 Å². The Morgan fingerprint density at radius 2 is 1.45 bits per heavy atom. The van der Waals surface area contributed by atoms with Crippen molar-refractivity contribution in [2.24, 2.45) is 17.8 Å². The van der Waals surface area contributed by atoms with Gasteiger partial charge in [-0.05, 0) is 95.2 Å². The van der Waals surface area contributed by atoms with Crippen molar-refractivity contribution in [1.29, 1.82) is 0 Å². The first-order chi connectivity index (χ1) is 23.1. The summed E-state index contributed by atoms with van der Waals surface area (Å²) in [5.41, 5.74) is 5.25. The third-order valence-electron chi connectivity index (χ3n) is 9.06. The third-order valence-corrected chi connectivity index (χ3v) is 9.06. The molecule has 1 fully saturated rings. The summed E-state index contributed by atoms with van der Waals surface area (Å²) in [7, 11) is 3.31. The van der Waals surface area contributed by atoms with Crippen LogP contribution in [-0.2, 0) is 20.8 Å². The lowest BCUT2D eigenvalue weighted by molar-refractivity contribution is -0.0254. The zero-order valence-electron chi connectivity index (χ0n) is 27.5. The van der Waals surface area contributed by atoms with E-state index < -0.39 is 6.10 Å². The first kappa shape index (κ1) is 34.3. The van der Waals surface area contributed by atoms with Gasteiger partial charge in [0.1, 0.15) is 17.6 Å². The summed E-state index contributed by atoms with van der Waals surface area (Å²) in [5.74, 6) is 10.4. The molecule has 3 unspecified atom stereocenters. The standard InChI is InChI=1S/C39H47NO7/c1-43-33-16-12-28(13-17-33)30-10-11-31(38(24-30)29-14-18-34(44-2)19-15-29)25-46-27-32(41)26-45-22-7-23-47-39(42)40-21-20-37-35-8-5-3-4-6-9-36(35)37/h10-19,24,32,35-37,41H,5-9,20-23,25-27H2,1-2H3,(H,40,42). The van der Waals surface area contributed by atoms with Crippen LogP contribution >= 0.6 is 0 Å². The molecule has 3 aromatic carbocycles. The molecular weight excluding hydrogens is 594 g/mol. The quantitative estimate of drug-likeness (QED) is 0.123. The highest BCUT2D eigenvalue weighted by molar-refractivity contribution is 5.76. The van der Waals surface area contributed by atoms with Gasteiger partial charge < -0.3 is 34.1 Å². The molecule has 2 aliphatic rings. The van der Waals surface area contributed by atoms with Gasteiger partial charge in [0.15, 0.2) is 0 Å². The van der Waals surface area contributed by atoms with E-state index in [1.165, 1.54) is 12.8 Å². The molecule has 1 saturated carbocycles. The van der Waals surface area contributed by atoms with Crippen molar-refractivity contribution in [2.75, 3.05) is 47.2 Å². The largest absolute Gasteiger partial charge is 0.497 e. The van der Waals surface area contributed by atoms with E-state index in [1.54, 1.807) is 14.2 Å². The van der Waals surface area contributed by atoms with Gasteiger partial charge in [0, 0.05) is 32.4 Å². The highest BCUT2D eigenvalue weighted by Crippen LogP contribution is 2.54. The van der Waals surface area contributed by atoms with E-state index in [9.17, 15) is 9.90 Å². The summed E-state index contributed by atoms with van der Waals surface area (Å²) >= 11 is 0. The monoisotopic (exact) mass is 641 g/mol. The zero-order chi connectivity index (χ0) is 32.8. The number of carbonyl (C=O) groups is 1. The number of aliphatic hydroxyl groups is 1. The number of amides is 1. The second-order valence-corrected chi connectivity index (χ2v) is 12.2. The molecule has 0 heterocycles. The van der Waals surface area contributed by atoms with Crippen LogP contribution in [0.25, 0.3) is 22.3 Å². The molecule has 0 spiro atoms. The maximum atomic E-state index is 12.0. The van der Waals surface area contributed by atoms with Gasteiger partial charge in [0.25, 0.3) is 0 Å². The fourth-order valence-corrected chi connectivity index (χ4v) is 6.46. The SMILES string of the molecule is COc1ccc(-c2ccc(COCC(O)COCCCOC(=O)NCCC3C4CCC#CCCC43)c(-c3ccc(OC)cc3)c2)cc1. The van der Waals surface area contributed by atoms with Gasteiger partial charge in [-0.25, -0.2) is 4.79 Å². The molecule has 0 radical (unpaired) electrons. The number of ether oxygens (including phenoxy) is 5. The average molecular weight is 642 g/mol. The lowest BCUT2D eigenvalue weighted by Gasteiger charge is -2.16. The number of hydrogen-bond acceptors (Lipinski definition) is 7. The van der Waals surface area contributed by atoms with Crippen molar-refractivity contribution in [3.05, 3.63) is 72.3 Å². The highest BCUT2D eigenvalue weighted by Gasteiger charge is 2.47. The molecule has 2 N–H and O–H groups in total. The predicted molar refractivity (Wildman–Crippen MR) is 182 cm³/mol. The van der Waals surface area contributed by atoms with Gasteiger partial charge in [0.05, 0.1) is 40.6 Å². The molecule has 5 rings (SSSR count). The fourth-order valence-electron chi connectivity index (χ4n) is 6.46. The minimum absolute atomic E-state index is 0.136. The number of nitrogens with one attached hydrogen (secondary N) is 1. The Balaban J connectivity index is 0.990. The molecule has 3 aromatic rings. The maximum Gasteiger partial charge on any atom is 0.407 e. The van der Waals surface area contributed by atoms with Crippen molar-refractivity contribution >= 4 is 6.09 Å². The van der Waals surface area contributed by atoms with Crippen molar-refractivity contribution in [3.63, 3.8) is 0 Å². The Morgan fingerprint density at radius 3 is 2.11 bits per heavy atom. The summed E-state index contributed by atoms with van der Waals surface area (Å²) in [6, 6.07) is 22.2. The number of hydrogen-bond donors (Lipinski definition) is 2. The van der Waals surface area contributed by atoms with Crippen LogP contribution in [0.15, 0.2) is 66.7 Å². The van der Waals surface area contributed by atoms with Crippen LogP contribution in [0.1, 0.15) is 44.1 Å². The molecule has 0 saturated heterocycles. The Labute approximate surface area is 278 Å². The molecule has 0 aliphatic heterocycles. The lowest BCUT2D eigenvalue weighted by atomic mass is 9.94. The van der Waals surface area contributed by atoms with E-state index in [4.69, 9.17) is 23.7 Å². The zero-order valence-corrected chi connectivity index (χ0v) is 27.5. The Hall–Kier alpha value is -4.03. The molecule has 8 nitrogen and oxygen atoms in total. The number of methoxy groups -OCH3 is 2. The number of fused-ring (bicyclic) bond motifs is 1. The van der Waals surface area contributed by atoms with Gasteiger partial charge in [-0.1, -0.05) is 36.4 Å². The summed E-state index contributed by atoms with van der Waals surface area (Å²) in [6.45, 7) is 1.91. The van der Waals surface area contributed by atoms with E-state index in [-0.39, 0.29) is 25.9 Å². The van der Waals surface area contributed by atoms with Crippen LogP contribution in [-0.4, -0.2) is 64.5 Å². The lowest BCUT2D eigenvalue weighted by Crippen LogP contribution is -2.26. The Morgan fingerprint density at radius 1 is 0.830 bits per heavy atom. The van der Waals surface area contributed by atoms with Gasteiger partial charge in [0.2, 0.25) is 0 Å². The van der Waals surface area contributed by atoms with Gasteiger partial charge in [-0.15, -0.1) is 11.8 Å². The van der Waals surface area contributed by atoms with Crippen LogP contribution in [0, 0.1) is 29.6 Å². The van der Waals surface area contributed by atoms with Crippen LogP contribution in [0.4, 0.5) is 4.79 Å². The average Bonchev–Trinajstić information content (AvgIpc) is 3.74. The van der Waals surface area contributed by atoms with E-state index >= 15 is 0 Å². The van der Waals surface area contributed by atoms with Crippen LogP contribution < -0.4 is 14.8 Å². The normalized spacial score (nSPS) is 18.8. The van der Waals surface area contributed by atoms with Gasteiger partial charge >= 0.3 is 6.09 Å². The fraction of sp³-hybridized carbons (Fsp3) is 0.462. The van der Waals surface area contributed by atoms with Crippen molar-refractivity contribution in [3.8, 4) is 45.6 Å². The van der Waals surface area contributed by atoms with E-state index in [1.807, 2.05) is 48.5 Å². The maximum absolute atomic E-state index is 12.0. The van der Waals surface area contributed by atoms with Crippen molar-refractivity contribution in [2.45, 2.75) is 51.2 Å². The summed E-state index contributed by atoms with van der Waals surface area (Å²) in [5, 5.41) is 13.3. The van der Waals surface area contributed by atoms with E-state index in [0.717, 1.165) is 70.4 Å². The molecule has 3 atom stereocenters. The molecule has 250 valence electrons. The van der Waals surface area contributed by atoms with E-state index in [0.29, 0.717) is 32.1 Å². The summed E-state index contributed by atoms with van der Waals surface area (Å²) in [6.07, 6.45) is 4.81. The minimum Gasteiger partial charge on any atom is -0.497 e. The number of benzene rings is 3. The minimum atomic E-state index is -0.770. The molecule has 0 aromatic heterocycles. The molecular formula is C39H47NO7. The highest BCUT2D eigenvalue weighted by atomic mass is 16.6. The van der Waals surface area contributed by atoms with Crippen molar-refractivity contribution in [1.82, 2.24) is 5.32 Å². The molecule has 1 amide bonds. The topological polar surface area (TPSA) is 95.5 Å². The second kappa shape index (κ2) is 17.8. The second-order valence-electron chi connectivity index (χ2n) is 12.2. The predicted octanol–water partition coefficient (Wildman–Crippen LogP) is 6.88. The molecule has 0 bridgehead atoms. The van der Waals surface area contributed by atoms with Gasteiger partial charge in [-0.2, -0.15) is 0 Å². The number of alkyl carbamates (subject to hydrolysis) is 1. The van der Waals surface area contributed by atoms with Crippen molar-refractivity contribution < 1.29 is 33.6 Å². The molecule has 8 heteroatoms. The summed E-state index contributed by atoms with van der Waals surface area (Å²) in [4.78, 5) is 12.0. The number of aliphatic hydroxyl groups excluding tert-OH is 1.